The summed E-state index contributed by atoms with van der Waals surface area (Å²) in [5.41, 5.74) is 3.32. The molecule has 0 aliphatic rings. The molecule has 0 spiro atoms. The van der Waals surface area contributed by atoms with Gasteiger partial charge in [0.05, 0.1) is 22.4 Å². The summed E-state index contributed by atoms with van der Waals surface area (Å²) in [7, 11) is 1.86. The van der Waals surface area contributed by atoms with Crippen molar-refractivity contribution in [2.24, 2.45) is 7.05 Å². The van der Waals surface area contributed by atoms with Gasteiger partial charge in [-0.1, -0.05) is 0 Å². The Morgan fingerprint density at radius 2 is 2.14 bits per heavy atom. The number of carbonyl (C=O) groups excluding carboxylic acids is 1. The summed E-state index contributed by atoms with van der Waals surface area (Å²) in [6, 6.07) is 1.80. The maximum absolute atomic E-state index is 11.3. The second-order valence-electron chi connectivity index (χ2n) is 3.34. The molecule has 0 amide bonds. The van der Waals surface area contributed by atoms with Crippen molar-refractivity contribution in [3.05, 3.63) is 23.8 Å². The molecule has 0 radical (unpaired) electrons. The normalized spacial score (nSPS) is 10.8. The van der Waals surface area contributed by atoms with E-state index in [9.17, 15) is 4.79 Å². The number of rotatable bonds is 1. The second-order valence-corrected chi connectivity index (χ2v) is 3.34. The fraction of sp³-hybridized carbons (Fsp3) is 0.300. The smallest absolute Gasteiger partial charge is 0.176 e. The lowest BCUT2D eigenvalue weighted by molar-refractivity contribution is 0.101. The quantitative estimate of drug-likeness (QED) is 0.638. The number of ketones is 1. The number of aromatic nitrogens is 3. The highest BCUT2D eigenvalue weighted by atomic mass is 16.1. The van der Waals surface area contributed by atoms with Gasteiger partial charge in [-0.05, 0) is 13.0 Å². The van der Waals surface area contributed by atoms with Crippen LogP contribution in [0, 0.1) is 6.92 Å². The van der Waals surface area contributed by atoms with Gasteiger partial charge in [-0.15, -0.1) is 0 Å². The minimum absolute atomic E-state index is 0.0462. The molecule has 0 aromatic carbocycles. The van der Waals surface area contributed by atoms with E-state index < -0.39 is 0 Å². The lowest BCUT2D eigenvalue weighted by atomic mass is 10.3. The van der Waals surface area contributed by atoms with Gasteiger partial charge in [0.15, 0.2) is 5.78 Å². The van der Waals surface area contributed by atoms with Gasteiger partial charge >= 0.3 is 0 Å². The molecule has 72 valence electrons. The summed E-state index contributed by atoms with van der Waals surface area (Å²) in [6.45, 7) is 3.46. The Balaban J connectivity index is 2.87. The van der Waals surface area contributed by atoms with E-state index in [-0.39, 0.29) is 5.78 Å². The largest absolute Gasteiger partial charge is 0.338 e. The molecule has 4 heteroatoms. The Kier molecular flexibility index (Phi) is 1.84. The van der Waals surface area contributed by atoms with E-state index >= 15 is 0 Å². The molecule has 4 nitrogen and oxygen atoms in total. The molecule has 2 rings (SSSR count). The van der Waals surface area contributed by atoms with Crippen molar-refractivity contribution in [2.45, 2.75) is 13.8 Å². The minimum Gasteiger partial charge on any atom is -0.338 e. The van der Waals surface area contributed by atoms with Crippen molar-refractivity contribution in [3.8, 4) is 0 Å². The van der Waals surface area contributed by atoms with Crippen LogP contribution in [0.3, 0.4) is 0 Å². The molecule has 0 aliphatic heterocycles. The molecular formula is C10H11N3O. The Bertz CT molecular complexity index is 513. The first-order valence-electron chi connectivity index (χ1n) is 4.39. The number of hydrogen-bond donors (Lipinski definition) is 0. The SMILES string of the molecule is CC(=O)c1cc2ncnc(C)c2n1C. The molecule has 0 fully saturated rings. The number of carbonyl (C=O) groups is 1. The third kappa shape index (κ3) is 1.11. The molecule has 14 heavy (non-hydrogen) atoms. The summed E-state index contributed by atoms with van der Waals surface area (Å²) in [5, 5.41) is 0. The Morgan fingerprint density at radius 1 is 1.43 bits per heavy atom. The fourth-order valence-corrected chi connectivity index (χ4v) is 1.69. The molecule has 0 atom stereocenters. The van der Waals surface area contributed by atoms with Crippen molar-refractivity contribution in [1.29, 1.82) is 0 Å². The van der Waals surface area contributed by atoms with Crippen LogP contribution in [0.2, 0.25) is 0 Å². The van der Waals surface area contributed by atoms with Crippen molar-refractivity contribution >= 4 is 16.8 Å². The zero-order valence-corrected chi connectivity index (χ0v) is 8.40. The molecule has 0 aliphatic carbocycles. The predicted octanol–water partition coefficient (Wildman–Crippen LogP) is 1.48. The molecule has 2 aromatic rings. The van der Waals surface area contributed by atoms with Gasteiger partial charge in [0.2, 0.25) is 0 Å². The van der Waals surface area contributed by atoms with Crippen LogP contribution in [0.1, 0.15) is 23.1 Å². The monoisotopic (exact) mass is 189 g/mol. The highest BCUT2D eigenvalue weighted by molar-refractivity contribution is 5.97. The van der Waals surface area contributed by atoms with Crippen molar-refractivity contribution in [2.75, 3.05) is 0 Å². The van der Waals surface area contributed by atoms with Gasteiger partial charge in [-0.3, -0.25) is 4.79 Å². The standard InChI is InChI=1S/C10H11N3O/c1-6-10-8(12-5-11-6)4-9(7(2)14)13(10)3/h4-5H,1-3H3. The number of hydrogen-bond acceptors (Lipinski definition) is 3. The average Bonchev–Trinajstić information content (AvgIpc) is 2.45. The lowest BCUT2D eigenvalue weighted by Crippen LogP contribution is -2.01. The van der Waals surface area contributed by atoms with Gasteiger partial charge in [0, 0.05) is 14.0 Å². The van der Waals surface area contributed by atoms with Gasteiger partial charge in [-0.25, -0.2) is 9.97 Å². The number of nitrogens with zero attached hydrogens (tertiary/aromatic N) is 3. The van der Waals surface area contributed by atoms with E-state index in [4.69, 9.17) is 0 Å². The van der Waals surface area contributed by atoms with E-state index in [1.807, 2.05) is 18.5 Å². The molecular weight excluding hydrogens is 178 g/mol. The van der Waals surface area contributed by atoms with Crippen LogP contribution in [-0.4, -0.2) is 20.3 Å². The highest BCUT2D eigenvalue weighted by Gasteiger charge is 2.11. The molecule has 2 aromatic heterocycles. The van der Waals surface area contributed by atoms with E-state index in [0.717, 1.165) is 16.7 Å². The van der Waals surface area contributed by atoms with Gasteiger partial charge in [0.25, 0.3) is 0 Å². The van der Waals surface area contributed by atoms with Crippen molar-refractivity contribution in [3.63, 3.8) is 0 Å². The van der Waals surface area contributed by atoms with E-state index in [1.165, 1.54) is 6.33 Å². The van der Waals surface area contributed by atoms with Gasteiger partial charge in [-0.2, -0.15) is 0 Å². The lowest BCUT2D eigenvalue weighted by Gasteiger charge is -2.01. The van der Waals surface area contributed by atoms with Crippen LogP contribution in [0.4, 0.5) is 0 Å². The summed E-state index contributed by atoms with van der Waals surface area (Å²) < 4.78 is 1.84. The molecule has 0 unspecified atom stereocenters. The predicted molar refractivity (Wildman–Crippen MR) is 53.3 cm³/mol. The molecule has 2 heterocycles. The fourth-order valence-electron chi connectivity index (χ4n) is 1.69. The number of fused-ring (bicyclic) bond motifs is 1. The Labute approximate surface area is 81.6 Å². The number of Topliss-reactive ketones (excluding diaryl/α,β-unsaturated/α-hetero) is 1. The van der Waals surface area contributed by atoms with Crippen molar-refractivity contribution < 1.29 is 4.79 Å². The minimum atomic E-state index is 0.0462. The zero-order valence-electron chi connectivity index (χ0n) is 8.40. The second kappa shape index (κ2) is 2.90. The van der Waals surface area contributed by atoms with Crippen LogP contribution in [0.25, 0.3) is 11.0 Å². The zero-order chi connectivity index (χ0) is 10.3. The van der Waals surface area contributed by atoms with Gasteiger partial charge < -0.3 is 4.57 Å². The molecule has 0 bridgehead atoms. The summed E-state index contributed by atoms with van der Waals surface area (Å²) in [4.78, 5) is 19.5. The summed E-state index contributed by atoms with van der Waals surface area (Å²) in [6.07, 6.45) is 1.52. The van der Waals surface area contributed by atoms with Crippen LogP contribution in [0.5, 0.6) is 0 Å². The average molecular weight is 189 g/mol. The topological polar surface area (TPSA) is 47.8 Å². The maximum Gasteiger partial charge on any atom is 0.176 e. The first-order valence-corrected chi connectivity index (χ1v) is 4.39. The molecule has 0 saturated carbocycles. The van der Waals surface area contributed by atoms with E-state index in [2.05, 4.69) is 9.97 Å². The Hall–Kier alpha value is -1.71. The van der Waals surface area contributed by atoms with E-state index in [1.54, 1.807) is 13.0 Å². The summed E-state index contributed by atoms with van der Waals surface area (Å²) >= 11 is 0. The third-order valence-electron chi connectivity index (χ3n) is 2.36. The van der Waals surface area contributed by atoms with Crippen LogP contribution < -0.4 is 0 Å². The van der Waals surface area contributed by atoms with Crippen LogP contribution >= 0.6 is 0 Å². The first-order chi connectivity index (χ1) is 6.61. The molecule has 0 saturated heterocycles. The van der Waals surface area contributed by atoms with Crippen molar-refractivity contribution in [1.82, 2.24) is 14.5 Å². The van der Waals surface area contributed by atoms with Gasteiger partial charge in [0.1, 0.15) is 6.33 Å². The number of aryl methyl sites for hydroxylation is 2. The maximum atomic E-state index is 11.3. The first kappa shape index (κ1) is 8.87. The Morgan fingerprint density at radius 3 is 2.71 bits per heavy atom. The summed E-state index contributed by atoms with van der Waals surface area (Å²) in [5.74, 6) is 0.0462. The van der Waals surface area contributed by atoms with Crippen LogP contribution in [0.15, 0.2) is 12.4 Å². The van der Waals surface area contributed by atoms with Crippen LogP contribution in [-0.2, 0) is 7.05 Å². The highest BCUT2D eigenvalue weighted by Crippen LogP contribution is 2.18. The van der Waals surface area contributed by atoms with E-state index in [0.29, 0.717) is 5.69 Å². The third-order valence-corrected chi connectivity index (χ3v) is 2.36. The molecule has 0 N–H and O–H groups in total.